The summed E-state index contributed by atoms with van der Waals surface area (Å²) in [6, 6.07) is 1.37. The first-order valence-corrected chi connectivity index (χ1v) is 7.99. The molecule has 130 valence electrons. The van der Waals surface area contributed by atoms with E-state index in [0.29, 0.717) is 23.9 Å². The van der Waals surface area contributed by atoms with Crippen LogP contribution in [0.5, 0.6) is 5.88 Å². The summed E-state index contributed by atoms with van der Waals surface area (Å²) in [5.74, 6) is 0.882. The molecule has 1 amide bonds. The molecule has 2 aromatic rings. The van der Waals surface area contributed by atoms with Gasteiger partial charge in [0, 0.05) is 31.4 Å². The lowest BCUT2D eigenvalue weighted by molar-refractivity contribution is -0.135. The van der Waals surface area contributed by atoms with Gasteiger partial charge in [-0.05, 0) is 11.1 Å². The van der Waals surface area contributed by atoms with Crippen molar-refractivity contribution in [2.45, 2.75) is 38.3 Å². The molecule has 0 bridgehead atoms. The molecular weight excluding hydrogens is 312 g/mol. The first kappa shape index (κ1) is 16.5. The molecule has 0 aromatic carbocycles. The number of carbonyl (C=O) groups excluding carboxylic acids is 1. The summed E-state index contributed by atoms with van der Waals surface area (Å²) in [7, 11) is 1.50. The zero-order valence-electron chi connectivity index (χ0n) is 14.0. The molecule has 0 aliphatic carbocycles. The third-order valence-electron chi connectivity index (χ3n) is 4.35. The maximum Gasteiger partial charge on any atom is 0.254 e. The first-order valence-electron chi connectivity index (χ1n) is 7.99. The zero-order chi connectivity index (χ0) is 17.3. The predicted octanol–water partition coefficient (Wildman–Crippen LogP) is 1.48. The van der Waals surface area contributed by atoms with Crippen LogP contribution in [0.25, 0.3) is 0 Å². The number of nitrogens with zero attached hydrogens (tertiary/aromatic N) is 3. The van der Waals surface area contributed by atoms with Gasteiger partial charge in [0.15, 0.2) is 5.76 Å². The van der Waals surface area contributed by atoms with E-state index in [0.717, 1.165) is 0 Å². The lowest BCUT2D eigenvalue weighted by Gasteiger charge is -2.28. The number of carbonyl (C=O) groups is 1. The summed E-state index contributed by atoms with van der Waals surface area (Å²) in [5, 5.41) is 13.9. The molecule has 2 N–H and O–H groups in total. The summed E-state index contributed by atoms with van der Waals surface area (Å²) in [4.78, 5) is 22.1. The Bertz CT molecular complexity index is 682. The van der Waals surface area contributed by atoms with Gasteiger partial charge in [-0.25, -0.2) is 4.98 Å². The Balaban J connectivity index is 1.88. The lowest BCUT2D eigenvalue weighted by Crippen LogP contribution is -2.37. The van der Waals surface area contributed by atoms with Crippen LogP contribution in [-0.2, 0) is 4.79 Å². The Morgan fingerprint density at radius 1 is 1.54 bits per heavy atom. The lowest BCUT2D eigenvalue weighted by atomic mass is 9.91. The minimum atomic E-state index is -0.568. The molecule has 0 saturated carbocycles. The van der Waals surface area contributed by atoms with Crippen LogP contribution in [0.1, 0.15) is 43.8 Å². The quantitative estimate of drug-likeness (QED) is 0.858. The van der Waals surface area contributed by atoms with E-state index in [1.54, 1.807) is 23.4 Å². The van der Waals surface area contributed by atoms with Crippen molar-refractivity contribution in [1.29, 1.82) is 0 Å². The molecule has 3 heterocycles. The number of rotatable bonds is 5. The normalized spacial score (nSPS) is 22.1. The minimum absolute atomic E-state index is 0.00477. The number of imidazole rings is 1. The van der Waals surface area contributed by atoms with E-state index in [1.165, 1.54) is 7.11 Å². The van der Waals surface area contributed by atoms with Crippen LogP contribution < -0.4 is 4.74 Å². The second-order valence-electron chi connectivity index (χ2n) is 6.36. The minimum Gasteiger partial charge on any atom is -0.479 e. The standard InChI is InChI=1S/C16H22N4O4/c1-9(2)14(12-7-13(23-3)19-24-12)16(22)20-8-10(21)6-11(20)15-17-4-5-18-15/h4-5,7,9-11,14,21H,6,8H2,1-3H3,(H,17,18)/t10-,11+,14?/m1/s1. The van der Waals surface area contributed by atoms with Crippen LogP contribution in [0.2, 0.25) is 0 Å². The molecule has 1 saturated heterocycles. The van der Waals surface area contributed by atoms with E-state index < -0.39 is 12.0 Å². The van der Waals surface area contributed by atoms with Gasteiger partial charge >= 0.3 is 0 Å². The molecule has 0 radical (unpaired) electrons. The van der Waals surface area contributed by atoms with Gasteiger partial charge < -0.3 is 24.3 Å². The Morgan fingerprint density at radius 2 is 2.33 bits per heavy atom. The molecule has 3 atom stereocenters. The molecule has 1 aliphatic heterocycles. The summed E-state index contributed by atoms with van der Waals surface area (Å²) in [5.41, 5.74) is 0. The second-order valence-corrected chi connectivity index (χ2v) is 6.36. The number of nitrogens with one attached hydrogen (secondary N) is 1. The van der Waals surface area contributed by atoms with Crippen molar-refractivity contribution in [1.82, 2.24) is 20.0 Å². The van der Waals surface area contributed by atoms with Gasteiger partial charge in [0.1, 0.15) is 11.7 Å². The van der Waals surface area contributed by atoms with Crippen molar-refractivity contribution >= 4 is 5.91 Å². The Morgan fingerprint density at radius 3 is 2.92 bits per heavy atom. The summed E-state index contributed by atoms with van der Waals surface area (Å²) in [6.45, 7) is 4.18. The highest BCUT2D eigenvalue weighted by Crippen LogP contribution is 2.36. The van der Waals surface area contributed by atoms with Crippen molar-refractivity contribution in [3.63, 3.8) is 0 Å². The van der Waals surface area contributed by atoms with Crippen LogP contribution in [-0.4, -0.2) is 50.8 Å². The molecule has 1 fully saturated rings. The van der Waals surface area contributed by atoms with E-state index in [1.807, 2.05) is 13.8 Å². The van der Waals surface area contributed by atoms with Crippen molar-refractivity contribution in [2.24, 2.45) is 5.92 Å². The number of aliphatic hydroxyl groups excluding tert-OH is 1. The SMILES string of the molecule is COc1cc(C(C(=O)N2C[C@H](O)C[C@H]2c2ncc[nH]2)C(C)C)on1. The van der Waals surface area contributed by atoms with Crippen molar-refractivity contribution in [2.75, 3.05) is 13.7 Å². The smallest absolute Gasteiger partial charge is 0.254 e. The number of aliphatic hydroxyl groups is 1. The summed E-state index contributed by atoms with van der Waals surface area (Å²) in [6.07, 6.45) is 3.25. The van der Waals surface area contributed by atoms with Gasteiger partial charge in [-0.1, -0.05) is 13.8 Å². The Kier molecular flexibility index (Phi) is 4.57. The average molecular weight is 334 g/mol. The van der Waals surface area contributed by atoms with E-state index in [9.17, 15) is 9.90 Å². The van der Waals surface area contributed by atoms with Gasteiger partial charge in [0.25, 0.3) is 5.88 Å². The predicted molar refractivity (Wildman–Crippen MR) is 84.3 cm³/mol. The van der Waals surface area contributed by atoms with E-state index >= 15 is 0 Å². The highest BCUT2D eigenvalue weighted by Gasteiger charge is 2.41. The van der Waals surface area contributed by atoms with Gasteiger partial charge in [0.05, 0.1) is 19.3 Å². The number of aromatic amines is 1. The largest absolute Gasteiger partial charge is 0.479 e. The van der Waals surface area contributed by atoms with E-state index in [2.05, 4.69) is 15.1 Å². The number of hydrogen-bond donors (Lipinski definition) is 2. The number of amides is 1. The van der Waals surface area contributed by atoms with Gasteiger partial charge in [-0.3, -0.25) is 4.79 Å². The molecule has 1 unspecified atom stereocenters. The molecule has 24 heavy (non-hydrogen) atoms. The van der Waals surface area contributed by atoms with Crippen molar-refractivity contribution in [3.05, 3.63) is 30.0 Å². The second kappa shape index (κ2) is 6.64. The first-order chi connectivity index (χ1) is 11.5. The molecule has 3 rings (SSSR count). The van der Waals surface area contributed by atoms with Crippen LogP contribution in [0.3, 0.4) is 0 Å². The molecule has 1 aliphatic rings. The Labute approximate surface area is 139 Å². The van der Waals surface area contributed by atoms with Crippen LogP contribution in [0, 0.1) is 5.92 Å². The highest BCUT2D eigenvalue weighted by molar-refractivity contribution is 5.84. The summed E-state index contributed by atoms with van der Waals surface area (Å²) < 4.78 is 10.3. The third-order valence-corrected chi connectivity index (χ3v) is 4.35. The van der Waals surface area contributed by atoms with Crippen molar-refractivity contribution < 1.29 is 19.2 Å². The van der Waals surface area contributed by atoms with Gasteiger partial charge in [-0.15, -0.1) is 0 Å². The number of likely N-dealkylation sites (tertiary alicyclic amines) is 1. The molecular formula is C16H22N4O4. The van der Waals surface area contributed by atoms with Crippen molar-refractivity contribution in [3.8, 4) is 5.88 Å². The molecule has 8 heteroatoms. The fourth-order valence-corrected chi connectivity index (χ4v) is 3.21. The molecule has 8 nitrogen and oxygen atoms in total. The van der Waals surface area contributed by atoms with Gasteiger partial charge in [-0.2, -0.15) is 0 Å². The fraction of sp³-hybridized carbons (Fsp3) is 0.562. The van der Waals surface area contributed by atoms with Crippen LogP contribution in [0.15, 0.2) is 23.0 Å². The average Bonchev–Trinajstić information content (AvgIpc) is 3.26. The van der Waals surface area contributed by atoms with E-state index in [-0.39, 0.29) is 24.4 Å². The highest BCUT2D eigenvalue weighted by atomic mass is 16.5. The number of ether oxygens (including phenoxy) is 1. The van der Waals surface area contributed by atoms with Crippen LogP contribution >= 0.6 is 0 Å². The fourth-order valence-electron chi connectivity index (χ4n) is 3.21. The number of aromatic nitrogens is 3. The zero-order valence-corrected chi connectivity index (χ0v) is 14.0. The number of β-amino-alcohol motifs (C(OH)–C–C–N with tert-alkyl or cyclic N) is 1. The maximum absolute atomic E-state index is 13.2. The number of methoxy groups -OCH3 is 1. The summed E-state index contributed by atoms with van der Waals surface area (Å²) >= 11 is 0. The molecule has 2 aromatic heterocycles. The Hall–Kier alpha value is -2.35. The maximum atomic E-state index is 13.2. The number of H-pyrrole nitrogens is 1. The topological polar surface area (TPSA) is 104 Å². The third kappa shape index (κ3) is 3.01. The van der Waals surface area contributed by atoms with Gasteiger partial charge in [0.2, 0.25) is 5.91 Å². The van der Waals surface area contributed by atoms with E-state index in [4.69, 9.17) is 9.26 Å². The number of hydrogen-bond acceptors (Lipinski definition) is 6. The monoisotopic (exact) mass is 334 g/mol. The van der Waals surface area contributed by atoms with Crippen LogP contribution in [0.4, 0.5) is 0 Å². The molecule has 0 spiro atoms.